The summed E-state index contributed by atoms with van der Waals surface area (Å²) in [6, 6.07) is 11.7. The van der Waals surface area contributed by atoms with E-state index in [0.29, 0.717) is 23.1 Å². The Hall–Kier alpha value is -3.40. The van der Waals surface area contributed by atoms with Gasteiger partial charge < -0.3 is 14.6 Å². The van der Waals surface area contributed by atoms with Gasteiger partial charge in [0.25, 0.3) is 11.6 Å². The lowest BCUT2D eigenvalue weighted by atomic mass is 10.00. The minimum absolute atomic E-state index is 0.155. The van der Waals surface area contributed by atoms with Gasteiger partial charge in [-0.25, -0.2) is 0 Å². The molecule has 1 N–H and O–H groups in total. The Morgan fingerprint density at radius 1 is 1.34 bits per heavy atom. The molecule has 1 amide bonds. The summed E-state index contributed by atoms with van der Waals surface area (Å²) in [6.45, 7) is 0.495. The van der Waals surface area contributed by atoms with E-state index in [1.165, 1.54) is 12.4 Å². The number of aryl methyl sites for hydroxylation is 1. The van der Waals surface area contributed by atoms with Crippen LogP contribution in [0.25, 0.3) is 0 Å². The number of benzene rings is 2. The third-order valence-corrected chi connectivity index (χ3v) is 5.67. The topological polar surface area (TPSA) is 112 Å². The Bertz CT molecular complexity index is 1080. The number of nitro groups is 1. The average Bonchev–Trinajstić information content (AvgIpc) is 3.13. The first-order chi connectivity index (χ1) is 14.0. The lowest BCUT2D eigenvalue weighted by Gasteiger charge is -2.26. The number of fused-ring (bicyclic) bond motifs is 1. The molecule has 0 radical (unpaired) electrons. The molecule has 1 aromatic heterocycles. The number of nitrogens with one attached hydrogen (secondary N) is 1. The smallest absolute Gasteiger partial charge is 0.284 e. The van der Waals surface area contributed by atoms with Gasteiger partial charge >= 0.3 is 0 Å². The minimum Gasteiger partial charge on any atom is -0.493 e. The van der Waals surface area contributed by atoms with Crippen LogP contribution in [0.15, 0.2) is 58.8 Å². The van der Waals surface area contributed by atoms with E-state index < -0.39 is 4.92 Å². The maximum Gasteiger partial charge on any atom is 0.284 e. The number of aromatic nitrogens is 3. The molecule has 3 aromatic rings. The lowest BCUT2D eigenvalue weighted by molar-refractivity contribution is -0.387. The highest BCUT2D eigenvalue weighted by Crippen LogP contribution is 2.35. The first-order valence-corrected chi connectivity index (χ1v) is 9.67. The number of ether oxygens (including phenoxy) is 1. The Kier molecular flexibility index (Phi) is 5.17. The SMILES string of the molecule is Cn1cnnc1Sc1ccc(C(=O)N[C@@H]2CCOc3ccccc32)cc1[N+](=O)[O-]. The molecule has 10 heteroatoms. The predicted octanol–water partition coefficient (Wildman–Crippen LogP) is 3.13. The van der Waals surface area contributed by atoms with Gasteiger partial charge in [-0.2, -0.15) is 0 Å². The normalized spacial score (nSPS) is 15.3. The standard InChI is InChI=1S/C19H17N5O4S/c1-23-11-20-22-19(23)29-17-7-6-12(10-15(17)24(26)27)18(25)21-14-8-9-28-16-5-3-2-4-13(14)16/h2-7,10-11,14H,8-9H2,1H3,(H,21,25)/t14-/m1/s1. The highest BCUT2D eigenvalue weighted by atomic mass is 32.2. The van der Waals surface area contributed by atoms with Crippen molar-refractivity contribution in [1.82, 2.24) is 20.1 Å². The van der Waals surface area contributed by atoms with Crippen molar-refractivity contribution in [2.45, 2.75) is 22.5 Å². The largest absolute Gasteiger partial charge is 0.493 e. The van der Waals surface area contributed by atoms with Crippen LogP contribution in [0.1, 0.15) is 28.4 Å². The van der Waals surface area contributed by atoms with Crippen LogP contribution in [0, 0.1) is 10.1 Å². The second kappa shape index (κ2) is 7.92. The van der Waals surface area contributed by atoms with Crippen molar-refractivity contribution in [3.63, 3.8) is 0 Å². The number of nitro benzene ring substituents is 1. The molecule has 148 valence electrons. The fraction of sp³-hybridized carbons (Fsp3) is 0.211. The molecule has 0 fully saturated rings. The predicted molar refractivity (Wildman–Crippen MR) is 105 cm³/mol. The maximum absolute atomic E-state index is 12.8. The van der Waals surface area contributed by atoms with Crippen LogP contribution in [0.3, 0.4) is 0 Å². The molecule has 0 spiro atoms. The number of carbonyl (C=O) groups is 1. The quantitative estimate of drug-likeness (QED) is 0.507. The molecule has 0 bridgehead atoms. The first-order valence-electron chi connectivity index (χ1n) is 8.86. The van der Waals surface area contributed by atoms with Crippen molar-refractivity contribution >= 4 is 23.4 Å². The van der Waals surface area contributed by atoms with Gasteiger partial charge in [-0.3, -0.25) is 14.9 Å². The van der Waals surface area contributed by atoms with E-state index in [1.807, 2.05) is 24.3 Å². The highest BCUT2D eigenvalue weighted by Gasteiger charge is 2.25. The van der Waals surface area contributed by atoms with Gasteiger partial charge in [0.2, 0.25) is 0 Å². The number of hydrogen-bond donors (Lipinski definition) is 1. The Labute approximate surface area is 170 Å². The van der Waals surface area contributed by atoms with Crippen LogP contribution in [0.2, 0.25) is 0 Å². The van der Waals surface area contributed by atoms with Crippen molar-refractivity contribution in [2.24, 2.45) is 7.05 Å². The number of hydrogen-bond acceptors (Lipinski definition) is 7. The van der Waals surface area contributed by atoms with E-state index in [4.69, 9.17) is 4.74 Å². The van der Waals surface area contributed by atoms with Gasteiger partial charge in [-0.1, -0.05) is 18.2 Å². The molecular weight excluding hydrogens is 394 g/mol. The molecule has 0 aliphatic carbocycles. The fourth-order valence-electron chi connectivity index (χ4n) is 3.08. The third kappa shape index (κ3) is 3.92. The van der Waals surface area contributed by atoms with Crippen LogP contribution in [-0.4, -0.2) is 32.2 Å². The minimum atomic E-state index is -0.501. The summed E-state index contributed by atoms with van der Waals surface area (Å²) in [5, 5.41) is 22.7. The fourth-order valence-corrected chi connectivity index (χ4v) is 3.93. The van der Waals surface area contributed by atoms with E-state index in [9.17, 15) is 14.9 Å². The van der Waals surface area contributed by atoms with Crippen LogP contribution < -0.4 is 10.1 Å². The highest BCUT2D eigenvalue weighted by molar-refractivity contribution is 7.99. The van der Waals surface area contributed by atoms with Crippen LogP contribution in [-0.2, 0) is 7.05 Å². The van der Waals surface area contributed by atoms with Gasteiger partial charge in [0.1, 0.15) is 12.1 Å². The number of amides is 1. The Morgan fingerprint density at radius 2 is 2.17 bits per heavy atom. The summed E-state index contributed by atoms with van der Waals surface area (Å²) in [5.74, 6) is 0.371. The van der Waals surface area contributed by atoms with Gasteiger partial charge in [-0.05, 0) is 30.0 Å². The number of nitrogens with zero attached hydrogens (tertiary/aromatic N) is 4. The van der Waals surface area contributed by atoms with Crippen molar-refractivity contribution in [1.29, 1.82) is 0 Å². The molecule has 2 heterocycles. The van der Waals surface area contributed by atoms with Gasteiger partial charge in [0.05, 0.1) is 22.5 Å². The number of para-hydroxylation sites is 1. The zero-order valence-electron chi connectivity index (χ0n) is 15.4. The zero-order valence-corrected chi connectivity index (χ0v) is 16.3. The first kappa shape index (κ1) is 18.9. The molecule has 0 unspecified atom stereocenters. The summed E-state index contributed by atoms with van der Waals surface area (Å²) >= 11 is 1.12. The average molecular weight is 411 g/mol. The number of carbonyl (C=O) groups excluding carboxylic acids is 1. The molecule has 1 atom stereocenters. The molecular formula is C19H17N5O4S. The Morgan fingerprint density at radius 3 is 2.93 bits per heavy atom. The lowest BCUT2D eigenvalue weighted by Crippen LogP contribution is -2.32. The molecule has 4 rings (SSSR count). The van der Waals surface area contributed by atoms with E-state index in [2.05, 4.69) is 15.5 Å². The molecule has 0 saturated heterocycles. The van der Waals surface area contributed by atoms with Crippen molar-refractivity contribution in [3.8, 4) is 5.75 Å². The monoisotopic (exact) mass is 411 g/mol. The number of rotatable bonds is 5. The van der Waals surface area contributed by atoms with Crippen molar-refractivity contribution in [3.05, 3.63) is 70.0 Å². The second-order valence-corrected chi connectivity index (χ2v) is 7.48. The van der Waals surface area contributed by atoms with Crippen molar-refractivity contribution in [2.75, 3.05) is 6.61 Å². The summed E-state index contributed by atoms with van der Waals surface area (Å²) in [6.07, 6.45) is 2.15. The molecule has 29 heavy (non-hydrogen) atoms. The third-order valence-electron chi connectivity index (χ3n) is 4.55. The molecule has 1 aliphatic heterocycles. The summed E-state index contributed by atoms with van der Waals surface area (Å²) < 4.78 is 7.27. The molecule has 9 nitrogen and oxygen atoms in total. The second-order valence-electron chi connectivity index (χ2n) is 6.47. The molecule has 2 aromatic carbocycles. The summed E-state index contributed by atoms with van der Waals surface area (Å²) in [5.41, 5.74) is 0.970. The van der Waals surface area contributed by atoms with Gasteiger partial charge in [0, 0.05) is 30.7 Å². The van der Waals surface area contributed by atoms with Gasteiger partial charge in [0.15, 0.2) is 5.16 Å². The maximum atomic E-state index is 12.8. The summed E-state index contributed by atoms with van der Waals surface area (Å²) in [4.78, 5) is 24.2. The van der Waals surface area contributed by atoms with Crippen LogP contribution in [0.4, 0.5) is 5.69 Å². The van der Waals surface area contributed by atoms with E-state index in [-0.39, 0.29) is 23.2 Å². The van der Waals surface area contributed by atoms with Crippen molar-refractivity contribution < 1.29 is 14.5 Å². The van der Waals surface area contributed by atoms with E-state index in [0.717, 1.165) is 23.1 Å². The Balaban J connectivity index is 1.57. The van der Waals surface area contributed by atoms with Crippen LogP contribution >= 0.6 is 11.8 Å². The van der Waals surface area contributed by atoms with E-state index >= 15 is 0 Å². The van der Waals surface area contributed by atoms with E-state index in [1.54, 1.807) is 23.7 Å². The molecule has 1 aliphatic rings. The van der Waals surface area contributed by atoms with Gasteiger partial charge in [-0.15, -0.1) is 10.2 Å². The summed E-state index contributed by atoms with van der Waals surface area (Å²) in [7, 11) is 1.75. The molecule has 0 saturated carbocycles. The van der Waals surface area contributed by atoms with Crippen LogP contribution in [0.5, 0.6) is 5.75 Å². The zero-order chi connectivity index (χ0) is 20.4.